The summed E-state index contributed by atoms with van der Waals surface area (Å²) in [4.78, 5) is 17.7. The third-order valence-corrected chi connectivity index (χ3v) is 5.04. The fraction of sp³-hybridized carbons (Fsp3) is 0.667. The van der Waals surface area contributed by atoms with Gasteiger partial charge >= 0.3 is 0 Å². The van der Waals surface area contributed by atoms with Gasteiger partial charge in [0.25, 0.3) is 0 Å². The van der Waals surface area contributed by atoms with Crippen LogP contribution in [0.25, 0.3) is 0 Å². The van der Waals surface area contributed by atoms with E-state index in [0.717, 1.165) is 17.4 Å². The Bertz CT molecular complexity index is 402. The van der Waals surface area contributed by atoms with Crippen LogP contribution in [0.1, 0.15) is 26.0 Å². The van der Waals surface area contributed by atoms with Crippen molar-refractivity contribution in [3.05, 3.63) is 11.1 Å². The van der Waals surface area contributed by atoms with Crippen molar-refractivity contribution < 1.29 is 4.79 Å². The molecule has 2 heterocycles. The third-order valence-electron chi connectivity index (χ3n) is 2.97. The highest BCUT2D eigenvalue weighted by atomic mass is 32.2. The number of thiazole rings is 1. The van der Waals surface area contributed by atoms with Crippen LogP contribution >= 0.6 is 23.1 Å². The lowest BCUT2D eigenvalue weighted by Gasteiger charge is -2.14. The Kier molecular flexibility index (Phi) is 5.03. The molecule has 0 aliphatic carbocycles. The Morgan fingerprint density at radius 3 is 3.11 bits per heavy atom. The molecule has 1 fully saturated rings. The molecule has 1 aromatic heterocycles. The number of anilines is 1. The van der Waals surface area contributed by atoms with Crippen molar-refractivity contribution in [1.29, 1.82) is 0 Å². The van der Waals surface area contributed by atoms with Crippen LogP contribution in [0.4, 0.5) is 5.13 Å². The molecule has 0 radical (unpaired) electrons. The highest BCUT2D eigenvalue weighted by Gasteiger charge is 2.16. The van der Waals surface area contributed by atoms with Gasteiger partial charge in [0, 0.05) is 37.2 Å². The average Bonchev–Trinajstić information content (AvgIpc) is 2.97. The Balaban J connectivity index is 1.90. The number of thioether (sulfide) groups is 1. The predicted molar refractivity (Wildman–Crippen MR) is 78.4 cm³/mol. The number of hydrogen-bond acceptors (Lipinski definition) is 5. The summed E-state index contributed by atoms with van der Waals surface area (Å²) in [6.45, 7) is 5.03. The molecule has 0 bridgehead atoms. The van der Waals surface area contributed by atoms with Gasteiger partial charge in [0.1, 0.15) is 0 Å². The van der Waals surface area contributed by atoms with Crippen molar-refractivity contribution in [2.24, 2.45) is 0 Å². The second kappa shape index (κ2) is 6.54. The van der Waals surface area contributed by atoms with Crippen molar-refractivity contribution >= 4 is 34.1 Å². The smallest absolute Gasteiger partial charge is 0.225 e. The molecule has 1 aliphatic heterocycles. The van der Waals surface area contributed by atoms with Gasteiger partial charge in [0.2, 0.25) is 5.91 Å². The Labute approximate surface area is 116 Å². The van der Waals surface area contributed by atoms with E-state index in [1.807, 2.05) is 24.1 Å². The molecule has 1 aromatic rings. The minimum Gasteiger partial charge on any atom is -0.307 e. The SMILES string of the molecule is CCN(C(C)=O)c1nc(CNC2CCSC2)cs1. The summed E-state index contributed by atoms with van der Waals surface area (Å²) in [6, 6.07) is 0.621. The van der Waals surface area contributed by atoms with Crippen molar-refractivity contribution in [1.82, 2.24) is 10.3 Å². The Hall–Kier alpha value is -0.590. The minimum atomic E-state index is 0.0542. The number of nitrogens with zero attached hydrogens (tertiary/aromatic N) is 2. The van der Waals surface area contributed by atoms with Gasteiger partial charge in [-0.3, -0.25) is 9.69 Å². The zero-order valence-electron chi connectivity index (χ0n) is 10.8. The lowest BCUT2D eigenvalue weighted by molar-refractivity contribution is -0.116. The van der Waals surface area contributed by atoms with E-state index < -0.39 is 0 Å². The van der Waals surface area contributed by atoms with Crippen LogP contribution in [0.2, 0.25) is 0 Å². The van der Waals surface area contributed by atoms with E-state index in [4.69, 9.17) is 0 Å². The van der Waals surface area contributed by atoms with Gasteiger partial charge in [0.15, 0.2) is 5.13 Å². The zero-order valence-corrected chi connectivity index (χ0v) is 12.4. The Morgan fingerprint density at radius 2 is 2.50 bits per heavy atom. The molecule has 18 heavy (non-hydrogen) atoms. The van der Waals surface area contributed by atoms with Gasteiger partial charge in [0.05, 0.1) is 5.69 Å². The maximum atomic E-state index is 11.4. The first-order valence-electron chi connectivity index (χ1n) is 6.24. The molecule has 0 saturated carbocycles. The molecule has 1 unspecified atom stereocenters. The average molecular weight is 285 g/mol. The summed E-state index contributed by atoms with van der Waals surface area (Å²) < 4.78 is 0. The van der Waals surface area contributed by atoms with Gasteiger partial charge in [-0.2, -0.15) is 11.8 Å². The summed E-state index contributed by atoms with van der Waals surface area (Å²) in [6.07, 6.45) is 1.25. The normalized spacial score (nSPS) is 19.1. The lowest BCUT2D eigenvalue weighted by atomic mass is 10.2. The van der Waals surface area contributed by atoms with Gasteiger partial charge in [-0.25, -0.2) is 4.98 Å². The molecule has 6 heteroatoms. The van der Waals surface area contributed by atoms with Crippen molar-refractivity contribution in [2.45, 2.75) is 32.9 Å². The van der Waals surface area contributed by atoms with Gasteiger partial charge in [-0.05, 0) is 19.1 Å². The van der Waals surface area contributed by atoms with Crippen molar-refractivity contribution in [3.8, 4) is 0 Å². The Morgan fingerprint density at radius 1 is 1.67 bits per heavy atom. The predicted octanol–water partition coefficient (Wildman–Crippen LogP) is 2.11. The molecule has 4 nitrogen and oxygen atoms in total. The highest BCUT2D eigenvalue weighted by Crippen LogP contribution is 2.21. The number of carbonyl (C=O) groups is 1. The van der Waals surface area contributed by atoms with E-state index in [0.29, 0.717) is 12.6 Å². The molecule has 1 saturated heterocycles. The van der Waals surface area contributed by atoms with E-state index >= 15 is 0 Å². The number of rotatable bonds is 5. The highest BCUT2D eigenvalue weighted by molar-refractivity contribution is 7.99. The fourth-order valence-electron chi connectivity index (χ4n) is 1.94. The number of hydrogen-bond donors (Lipinski definition) is 1. The molecule has 0 spiro atoms. The van der Waals surface area contributed by atoms with Gasteiger partial charge in [-0.1, -0.05) is 0 Å². The minimum absolute atomic E-state index is 0.0542. The first-order chi connectivity index (χ1) is 8.70. The standard InChI is InChI=1S/C12H19N3OS2/c1-3-15(9(2)16)12-14-11(8-18-12)6-13-10-4-5-17-7-10/h8,10,13H,3-7H2,1-2H3. The van der Waals surface area contributed by atoms with Crippen LogP contribution in [-0.4, -0.2) is 35.0 Å². The monoisotopic (exact) mass is 285 g/mol. The van der Waals surface area contributed by atoms with E-state index in [1.165, 1.54) is 17.9 Å². The van der Waals surface area contributed by atoms with Crippen LogP contribution in [-0.2, 0) is 11.3 Å². The van der Waals surface area contributed by atoms with Crippen LogP contribution in [0.5, 0.6) is 0 Å². The molecular weight excluding hydrogens is 266 g/mol. The molecule has 2 rings (SSSR count). The molecule has 100 valence electrons. The second-order valence-corrected chi connectivity index (χ2v) is 6.31. The second-order valence-electron chi connectivity index (χ2n) is 4.33. The number of amides is 1. The fourth-order valence-corrected chi connectivity index (χ4v) is 4.06. The van der Waals surface area contributed by atoms with E-state index in [9.17, 15) is 4.79 Å². The third kappa shape index (κ3) is 3.46. The van der Waals surface area contributed by atoms with Crippen molar-refractivity contribution in [3.63, 3.8) is 0 Å². The topological polar surface area (TPSA) is 45.2 Å². The molecule has 1 N–H and O–H groups in total. The first-order valence-corrected chi connectivity index (χ1v) is 8.27. The maximum absolute atomic E-state index is 11.4. The van der Waals surface area contributed by atoms with E-state index in [1.54, 1.807) is 23.2 Å². The number of aromatic nitrogens is 1. The molecule has 1 amide bonds. The number of carbonyl (C=O) groups excluding carboxylic acids is 1. The summed E-state index contributed by atoms with van der Waals surface area (Å²) >= 11 is 3.54. The van der Waals surface area contributed by atoms with Crippen LogP contribution in [0.3, 0.4) is 0 Å². The molecule has 1 atom stereocenters. The summed E-state index contributed by atoms with van der Waals surface area (Å²) in [5.41, 5.74) is 1.03. The maximum Gasteiger partial charge on any atom is 0.225 e. The van der Waals surface area contributed by atoms with Crippen LogP contribution in [0.15, 0.2) is 5.38 Å². The van der Waals surface area contributed by atoms with E-state index in [-0.39, 0.29) is 5.91 Å². The van der Waals surface area contributed by atoms with Crippen LogP contribution < -0.4 is 10.2 Å². The summed E-state index contributed by atoms with van der Waals surface area (Å²) in [5, 5.41) is 6.36. The van der Waals surface area contributed by atoms with Crippen LogP contribution in [0, 0.1) is 0 Å². The number of nitrogens with one attached hydrogen (secondary N) is 1. The van der Waals surface area contributed by atoms with Gasteiger partial charge in [-0.15, -0.1) is 11.3 Å². The largest absolute Gasteiger partial charge is 0.307 e. The summed E-state index contributed by atoms with van der Waals surface area (Å²) in [7, 11) is 0. The zero-order chi connectivity index (χ0) is 13.0. The molecule has 1 aliphatic rings. The lowest BCUT2D eigenvalue weighted by Crippen LogP contribution is -2.29. The van der Waals surface area contributed by atoms with E-state index in [2.05, 4.69) is 10.3 Å². The van der Waals surface area contributed by atoms with Gasteiger partial charge < -0.3 is 5.32 Å². The van der Waals surface area contributed by atoms with Crippen molar-refractivity contribution in [2.75, 3.05) is 23.0 Å². The quantitative estimate of drug-likeness (QED) is 0.900. The summed E-state index contributed by atoms with van der Waals surface area (Å²) in [5.74, 6) is 2.51. The first kappa shape index (κ1) is 13.8. The molecule has 0 aromatic carbocycles. The molecular formula is C12H19N3OS2.